The molecule has 43 heavy (non-hydrogen) atoms. The first-order valence-electron chi connectivity index (χ1n) is 13.5. The average molecular weight is 753 g/mol. The maximum atomic E-state index is 14.0. The van der Waals surface area contributed by atoms with Gasteiger partial charge in [0.15, 0.2) is 11.4 Å². The number of aromatic hydroxyl groups is 1. The molecular formula is C28H35Cl2IN4O8. The molecule has 12 nitrogen and oxygen atoms in total. The number of nitrogens with two attached hydrogens (primary N) is 1. The van der Waals surface area contributed by atoms with Crippen molar-refractivity contribution >= 4 is 82.2 Å². The lowest BCUT2D eigenvalue weighted by atomic mass is 9.57. The number of ketones is 2. The fraction of sp³-hybridized carbons (Fsp3) is 0.500. The highest BCUT2D eigenvalue weighted by atomic mass is 127. The van der Waals surface area contributed by atoms with Crippen molar-refractivity contribution in [2.45, 2.75) is 56.2 Å². The molecule has 3 unspecified atom stereocenters. The summed E-state index contributed by atoms with van der Waals surface area (Å²) in [6, 6.07) is 0.704. The number of Topliss-reactive ketones (excluding diaryl/α,β-unsaturated/α-hetero) is 2. The topological polar surface area (TPSA) is 203 Å². The highest BCUT2D eigenvalue weighted by Crippen LogP contribution is 2.53. The molecule has 0 heterocycles. The van der Waals surface area contributed by atoms with Crippen LogP contribution in [0.15, 0.2) is 23.0 Å². The average Bonchev–Trinajstić information content (AvgIpc) is 3.41. The molecule has 15 heteroatoms. The van der Waals surface area contributed by atoms with Gasteiger partial charge in [0.25, 0.3) is 5.91 Å². The van der Waals surface area contributed by atoms with Crippen LogP contribution in [-0.4, -0.2) is 87.0 Å². The molecule has 1 aromatic carbocycles. The van der Waals surface area contributed by atoms with E-state index in [1.807, 2.05) is 22.6 Å². The Bertz CT molecular complexity index is 1440. The Morgan fingerprint density at radius 1 is 1.14 bits per heavy atom. The number of hydrogen-bond donors (Lipinski definition) is 7. The number of primary amides is 1. The quantitative estimate of drug-likeness (QED) is 0.128. The van der Waals surface area contributed by atoms with Crippen LogP contribution in [0.5, 0.6) is 5.75 Å². The van der Waals surface area contributed by atoms with Gasteiger partial charge in [0.2, 0.25) is 11.7 Å². The number of hydrogen-bond acceptors (Lipinski definition) is 10. The van der Waals surface area contributed by atoms with Crippen LogP contribution in [0.4, 0.5) is 5.69 Å². The molecule has 1 aromatic rings. The van der Waals surface area contributed by atoms with E-state index in [9.17, 15) is 39.6 Å². The van der Waals surface area contributed by atoms with Gasteiger partial charge in [0.05, 0.1) is 23.8 Å². The first kappa shape index (κ1) is 35.1. The van der Waals surface area contributed by atoms with Crippen molar-refractivity contribution in [2.24, 2.45) is 17.6 Å². The molecule has 2 saturated carbocycles. The first-order chi connectivity index (χ1) is 19.3. The van der Waals surface area contributed by atoms with E-state index in [2.05, 4.69) is 10.6 Å². The predicted molar refractivity (Wildman–Crippen MR) is 170 cm³/mol. The molecule has 4 atom stereocenters. The minimum absolute atomic E-state index is 0. The van der Waals surface area contributed by atoms with E-state index < -0.39 is 63.8 Å². The number of likely N-dealkylation sites (N-methyl/N-ethyl adjacent to an activating group) is 1. The third kappa shape index (κ3) is 5.63. The molecule has 0 bridgehead atoms. The summed E-state index contributed by atoms with van der Waals surface area (Å²) in [5.74, 6) is -7.54. The largest absolute Gasteiger partial charge is 0.508 e. The maximum absolute atomic E-state index is 14.0. The summed E-state index contributed by atoms with van der Waals surface area (Å²) in [5.41, 5.74) is 2.07. The van der Waals surface area contributed by atoms with Crippen LogP contribution in [0.1, 0.15) is 43.2 Å². The van der Waals surface area contributed by atoms with E-state index in [0.29, 0.717) is 9.13 Å². The Morgan fingerprint density at radius 3 is 2.35 bits per heavy atom. The van der Waals surface area contributed by atoms with E-state index in [1.165, 1.54) is 4.90 Å². The summed E-state index contributed by atoms with van der Waals surface area (Å²) in [5, 5.41) is 51.1. The highest BCUT2D eigenvalue weighted by Gasteiger charge is 2.64. The van der Waals surface area contributed by atoms with Gasteiger partial charge in [0.1, 0.15) is 22.8 Å². The molecule has 5 rings (SSSR count). The van der Waals surface area contributed by atoms with Crippen molar-refractivity contribution < 1.29 is 39.6 Å². The number of aliphatic hydroxyl groups is 3. The molecular weight excluding hydrogens is 718 g/mol. The van der Waals surface area contributed by atoms with Crippen LogP contribution in [0.25, 0.3) is 5.76 Å². The molecule has 8 N–H and O–H groups in total. The van der Waals surface area contributed by atoms with Crippen LogP contribution in [0, 0.1) is 15.4 Å². The molecule has 0 aromatic heterocycles. The molecule has 4 aliphatic rings. The van der Waals surface area contributed by atoms with Crippen LogP contribution in [-0.2, 0) is 25.6 Å². The molecule has 2 amide bonds. The Hall–Kier alpha value is -2.43. The number of anilines is 1. The number of halogens is 3. The van der Waals surface area contributed by atoms with Crippen molar-refractivity contribution in [1.29, 1.82) is 0 Å². The molecule has 0 aliphatic heterocycles. The Balaban J connectivity index is 0.00000253. The number of aliphatic hydroxyl groups excluding tert-OH is 2. The fourth-order valence-corrected chi connectivity index (χ4v) is 7.72. The third-order valence-corrected chi connectivity index (χ3v) is 9.81. The zero-order chi connectivity index (χ0) is 30.0. The fourth-order valence-electron chi connectivity index (χ4n) is 6.92. The van der Waals surface area contributed by atoms with E-state index in [-0.39, 0.29) is 73.0 Å². The molecule has 236 valence electrons. The predicted octanol–water partition coefficient (Wildman–Crippen LogP) is 1.88. The van der Waals surface area contributed by atoms with Crippen LogP contribution in [0.2, 0.25) is 0 Å². The molecule has 0 spiro atoms. The standard InChI is InChI=1S/C28H33IN4O8.2ClH/c1-33(2)21-14-8-11-7-13-15(29)9-16(32-17(34)10-31-12-5-3-4-6-12)22(35)19(13)23(36)18(11)25(38)28(14,41)26(39)20(24(21)37)27(30)40;;/h9,11-12,14,21,31,35-36,39,41H,3-8,10H2,1-2H3,(H2,30,40)(H,32,34);2*1H/t11?,14?,21-,28?;;/m0../s1. The second-order valence-electron chi connectivity index (χ2n) is 11.5. The summed E-state index contributed by atoms with van der Waals surface area (Å²) in [4.78, 5) is 53.3. The summed E-state index contributed by atoms with van der Waals surface area (Å²) in [7, 11) is 3.10. The normalized spacial score (nSPS) is 26.8. The zero-order valence-corrected chi connectivity index (χ0v) is 27.3. The van der Waals surface area contributed by atoms with E-state index in [0.717, 1.165) is 25.7 Å². The van der Waals surface area contributed by atoms with Gasteiger partial charge in [-0.2, -0.15) is 0 Å². The van der Waals surface area contributed by atoms with Crippen molar-refractivity contribution in [3.63, 3.8) is 0 Å². The van der Waals surface area contributed by atoms with Gasteiger partial charge in [-0.15, -0.1) is 24.8 Å². The lowest BCUT2D eigenvalue weighted by Gasteiger charge is -2.50. The smallest absolute Gasteiger partial charge is 0.255 e. The van der Waals surface area contributed by atoms with Crippen molar-refractivity contribution in [1.82, 2.24) is 10.2 Å². The summed E-state index contributed by atoms with van der Waals surface area (Å²) in [6.45, 7) is 0.0411. The SMILES string of the molecule is CN(C)[C@@H]1C(=O)C(C(N)=O)=C(O)C2(O)C(=O)C3=C(O)c4c(O)c(NC(=O)CNC5CCCC5)cc(I)c4CC3CC12.Cl.Cl. The van der Waals surface area contributed by atoms with E-state index >= 15 is 0 Å². The molecule has 2 fully saturated rings. The van der Waals surface area contributed by atoms with Gasteiger partial charge in [-0.25, -0.2) is 0 Å². The monoisotopic (exact) mass is 752 g/mol. The number of phenolic OH excluding ortho intramolecular Hbond substituents is 1. The van der Waals surface area contributed by atoms with Gasteiger partial charge in [0, 0.05) is 21.1 Å². The zero-order valence-electron chi connectivity index (χ0n) is 23.5. The van der Waals surface area contributed by atoms with Gasteiger partial charge >= 0.3 is 0 Å². The Morgan fingerprint density at radius 2 is 1.77 bits per heavy atom. The number of phenols is 1. The second kappa shape index (κ2) is 12.9. The van der Waals surface area contributed by atoms with Crippen molar-refractivity contribution in [3.05, 3.63) is 37.7 Å². The summed E-state index contributed by atoms with van der Waals surface area (Å²) in [6.07, 6.45) is 4.39. The minimum Gasteiger partial charge on any atom is -0.508 e. The van der Waals surface area contributed by atoms with Crippen molar-refractivity contribution in [2.75, 3.05) is 26.0 Å². The number of nitrogens with one attached hydrogen (secondary N) is 2. The number of nitrogens with zero attached hydrogens (tertiary/aromatic N) is 1. The molecule has 4 aliphatic carbocycles. The van der Waals surface area contributed by atoms with Crippen LogP contribution >= 0.6 is 47.4 Å². The van der Waals surface area contributed by atoms with E-state index in [4.69, 9.17) is 5.73 Å². The van der Waals surface area contributed by atoms with Gasteiger partial charge in [-0.1, -0.05) is 12.8 Å². The number of amides is 2. The summed E-state index contributed by atoms with van der Waals surface area (Å²) >= 11 is 2.03. The van der Waals surface area contributed by atoms with E-state index in [1.54, 1.807) is 20.2 Å². The highest BCUT2D eigenvalue weighted by molar-refractivity contribution is 14.1. The maximum Gasteiger partial charge on any atom is 0.255 e. The second-order valence-corrected chi connectivity index (χ2v) is 12.6. The van der Waals surface area contributed by atoms with Crippen LogP contribution < -0.4 is 16.4 Å². The number of rotatable bonds is 6. The Labute approximate surface area is 274 Å². The number of carbonyl (C=O) groups is 4. The third-order valence-electron chi connectivity index (χ3n) is 8.85. The Kier molecular flexibility index (Phi) is 10.5. The number of fused-ring (bicyclic) bond motifs is 3. The van der Waals surface area contributed by atoms with Crippen molar-refractivity contribution in [3.8, 4) is 5.75 Å². The number of benzene rings is 1. The van der Waals surface area contributed by atoms with Gasteiger partial charge < -0.3 is 36.8 Å². The summed E-state index contributed by atoms with van der Waals surface area (Å²) < 4.78 is 0.621. The number of carbonyl (C=O) groups excluding carboxylic acids is 4. The minimum atomic E-state index is -2.70. The van der Waals surface area contributed by atoms with Crippen LogP contribution in [0.3, 0.4) is 0 Å². The molecule has 0 saturated heterocycles. The van der Waals surface area contributed by atoms with Gasteiger partial charge in [-0.05, 0) is 79.9 Å². The van der Waals surface area contributed by atoms with Gasteiger partial charge in [-0.3, -0.25) is 24.1 Å². The lowest BCUT2D eigenvalue weighted by molar-refractivity contribution is -0.153. The lowest BCUT2D eigenvalue weighted by Crippen LogP contribution is -2.65. The molecule has 0 radical (unpaired) electrons. The first-order valence-corrected chi connectivity index (χ1v) is 14.6.